The summed E-state index contributed by atoms with van der Waals surface area (Å²) in [4.78, 5) is 16.6. The zero-order valence-corrected chi connectivity index (χ0v) is 13.3. The van der Waals surface area contributed by atoms with Crippen molar-refractivity contribution in [2.24, 2.45) is 0 Å². The van der Waals surface area contributed by atoms with Crippen LogP contribution in [0.15, 0.2) is 22.7 Å². The topological polar surface area (TPSA) is 74.5 Å². The van der Waals surface area contributed by atoms with Crippen LogP contribution in [-0.2, 0) is 22.7 Å². The third-order valence-corrected chi connectivity index (χ3v) is 4.31. The van der Waals surface area contributed by atoms with E-state index in [1.807, 2.05) is 0 Å². The highest BCUT2D eigenvalue weighted by atomic mass is 32.1. The number of ether oxygens (including phenoxy) is 2. The molecule has 0 N–H and O–H groups in total. The first-order valence-corrected chi connectivity index (χ1v) is 7.57. The Kier molecular flexibility index (Phi) is 4.35. The second-order valence-electron chi connectivity index (χ2n) is 4.77. The van der Waals surface area contributed by atoms with Gasteiger partial charge in [0.2, 0.25) is 0 Å². The molecule has 0 aliphatic heterocycles. The van der Waals surface area contributed by atoms with Crippen LogP contribution in [0.3, 0.4) is 0 Å². The molecular formula is C15H13FN2O4S. The summed E-state index contributed by atoms with van der Waals surface area (Å²) in [5.74, 6) is -0.303. The maximum absolute atomic E-state index is 14.1. The van der Waals surface area contributed by atoms with E-state index < -0.39 is 11.8 Å². The number of aromatic nitrogens is 2. The molecular weight excluding hydrogens is 323 g/mol. The fraction of sp³-hybridized carbons (Fsp3) is 0.267. The van der Waals surface area contributed by atoms with E-state index in [1.165, 1.54) is 24.5 Å². The van der Waals surface area contributed by atoms with Gasteiger partial charge in [0.05, 0.1) is 6.61 Å². The minimum Gasteiger partial charge on any atom is -0.451 e. The van der Waals surface area contributed by atoms with E-state index in [0.717, 1.165) is 0 Å². The maximum Gasteiger partial charge on any atom is 0.349 e. The Balaban J connectivity index is 1.90. The van der Waals surface area contributed by atoms with Gasteiger partial charge in [-0.25, -0.2) is 9.18 Å². The molecule has 0 bridgehead atoms. The van der Waals surface area contributed by atoms with E-state index in [4.69, 9.17) is 14.0 Å². The molecule has 0 amide bonds. The Labute approximate surface area is 134 Å². The molecule has 0 saturated heterocycles. The molecule has 0 unspecified atom stereocenters. The van der Waals surface area contributed by atoms with Gasteiger partial charge in [0.1, 0.15) is 10.7 Å². The number of aryl methyl sites for hydroxylation is 1. The lowest BCUT2D eigenvalue weighted by Gasteiger charge is -2.04. The van der Waals surface area contributed by atoms with Crippen molar-refractivity contribution in [3.05, 3.63) is 46.2 Å². The standard InChI is InChI=1S/C15H13FN2O4S/c1-8-17-12(22-18-8)7-21-15(19)14-9(6-20-2)13-10(16)4-3-5-11(13)23-14/h3-5H,6-7H2,1-2H3. The molecule has 2 heterocycles. The third-order valence-electron chi connectivity index (χ3n) is 3.13. The second-order valence-corrected chi connectivity index (χ2v) is 5.82. The number of benzene rings is 1. The minimum absolute atomic E-state index is 0.116. The third kappa shape index (κ3) is 3.08. The van der Waals surface area contributed by atoms with Crippen molar-refractivity contribution in [1.82, 2.24) is 10.1 Å². The van der Waals surface area contributed by atoms with E-state index in [-0.39, 0.29) is 19.1 Å². The number of halogens is 1. The van der Waals surface area contributed by atoms with Gasteiger partial charge in [0.15, 0.2) is 12.4 Å². The number of carbonyl (C=O) groups is 1. The number of carbonyl (C=O) groups excluding carboxylic acids is 1. The molecule has 0 radical (unpaired) electrons. The second kappa shape index (κ2) is 6.43. The van der Waals surface area contributed by atoms with E-state index >= 15 is 0 Å². The highest BCUT2D eigenvalue weighted by Gasteiger charge is 2.22. The number of hydrogen-bond donors (Lipinski definition) is 0. The molecule has 0 fully saturated rings. The van der Waals surface area contributed by atoms with Gasteiger partial charge in [0, 0.05) is 22.8 Å². The molecule has 8 heteroatoms. The monoisotopic (exact) mass is 336 g/mol. The van der Waals surface area contributed by atoms with Gasteiger partial charge in [0.25, 0.3) is 5.89 Å². The summed E-state index contributed by atoms with van der Waals surface area (Å²) in [6.07, 6.45) is 0. The van der Waals surface area contributed by atoms with Gasteiger partial charge in [-0.15, -0.1) is 11.3 Å². The summed E-state index contributed by atoms with van der Waals surface area (Å²) >= 11 is 1.17. The lowest BCUT2D eigenvalue weighted by Crippen LogP contribution is -2.06. The van der Waals surface area contributed by atoms with Crippen LogP contribution >= 0.6 is 11.3 Å². The van der Waals surface area contributed by atoms with Crippen molar-refractivity contribution >= 4 is 27.4 Å². The zero-order chi connectivity index (χ0) is 16.4. The fourth-order valence-corrected chi connectivity index (χ4v) is 3.32. The summed E-state index contributed by atoms with van der Waals surface area (Å²) in [6, 6.07) is 4.70. The molecule has 1 aromatic carbocycles. The van der Waals surface area contributed by atoms with Crippen LogP contribution in [0.1, 0.15) is 27.0 Å². The van der Waals surface area contributed by atoms with Gasteiger partial charge in [-0.1, -0.05) is 11.2 Å². The molecule has 6 nitrogen and oxygen atoms in total. The van der Waals surface area contributed by atoms with Crippen LogP contribution in [0.4, 0.5) is 4.39 Å². The zero-order valence-electron chi connectivity index (χ0n) is 12.5. The van der Waals surface area contributed by atoms with Crippen LogP contribution in [0.5, 0.6) is 0 Å². The normalized spacial score (nSPS) is 11.1. The lowest BCUT2D eigenvalue weighted by molar-refractivity contribution is 0.0431. The van der Waals surface area contributed by atoms with E-state index in [1.54, 1.807) is 19.1 Å². The van der Waals surface area contributed by atoms with Crippen LogP contribution < -0.4 is 0 Å². The number of methoxy groups -OCH3 is 1. The van der Waals surface area contributed by atoms with Crippen LogP contribution in [-0.4, -0.2) is 23.2 Å². The van der Waals surface area contributed by atoms with E-state index in [2.05, 4.69) is 10.1 Å². The average Bonchev–Trinajstić information content (AvgIpc) is 3.10. The quantitative estimate of drug-likeness (QED) is 0.666. The van der Waals surface area contributed by atoms with Gasteiger partial charge in [-0.2, -0.15) is 4.98 Å². The Morgan fingerprint density at radius 2 is 2.22 bits per heavy atom. The number of nitrogens with zero attached hydrogens (tertiary/aromatic N) is 2. The predicted molar refractivity (Wildman–Crippen MR) is 80.7 cm³/mol. The summed E-state index contributed by atoms with van der Waals surface area (Å²) in [5, 5.41) is 4.01. The molecule has 0 aliphatic carbocycles. The number of rotatable bonds is 5. The van der Waals surface area contributed by atoms with Crippen LogP contribution in [0.25, 0.3) is 10.1 Å². The van der Waals surface area contributed by atoms with Gasteiger partial charge in [-0.3, -0.25) is 0 Å². The Hall–Kier alpha value is -2.32. The largest absolute Gasteiger partial charge is 0.451 e. The highest BCUT2D eigenvalue weighted by molar-refractivity contribution is 7.21. The summed E-state index contributed by atoms with van der Waals surface area (Å²) in [7, 11) is 1.49. The Bertz CT molecular complexity index is 858. The number of fused-ring (bicyclic) bond motifs is 1. The van der Waals surface area contributed by atoms with Crippen molar-refractivity contribution in [3.8, 4) is 0 Å². The van der Waals surface area contributed by atoms with Gasteiger partial charge in [-0.05, 0) is 19.1 Å². The highest BCUT2D eigenvalue weighted by Crippen LogP contribution is 2.34. The van der Waals surface area contributed by atoms with Crippen molar-refractivity contribution in [2.45, 2.75) is 20.1 Å². The fourth-order valence-electron chi connectivity index (χ4n) is 2.21. The lowest BCUT2D eigenvalue weighted by atomic mass is 10.1. The molecule has 3 aromatic rings. The van der Waals surface area contributed by atoms with Crippen molar-refractivity contribution in [3.63, 3.8) is 0 Å². The minimum atomic E-state index is -0.575. The first kappa shape index (κ1) is 15.6. The van der Waals surface area contributed by atoms with E-state index in [9.17, 15) is 9.18 Å². The van der Waals surface area contributed by atoms with Crippen molar-refractivity contribution < 1.29 is 23.2 Å². The SMILES string of the molecule is COCc1c(C(=O)OCc2nc(C)no2)sc2cccc(F)c12. The predicted octanol–water partition coefficient (Wildman–Crippen LogP) is 3.24. The first-order valence-electron chi connectivity index (χ1n) is 6.75. The molecule has 120 valence electrons. The van der Waals surface area contributed by atoms with Crippen LogP contribution in [0, 0.1) is 12.7 Å². The van der Waals surface area contributed by atoms with E-state index in [0.29, 0.717) is 26.4 Å². The molecule has 0 spiro atoms. The molecule has 23 heavy (non-hydrogen) atoms. The maximum atomic E-state index is 14.1. The molecule has 0 aliphatic rings. The summed E-state index contributed by atoms with van der Waals surface area (Å²) in [5.41, 5.74) is 0.484. The first-order chi connectivity index (χ1) is 11.1. The molecule has 2 aromatic heterocycles. The number of esters is 1. The summed E-state index contributed by atoms with van der Waals surface area (Å²) in [6.45, 7) is 1.65. The average molecular weight is 336 g/mol. The molecule has 0 saturated carbocycles. The van der Waals surface area contributed by atoms with Crippen LogP contribution in [0.2, 0.25) is 0 Å². The van der Waals surface area contributed by atoms with Crippen molar-refractivity contribution in [1.29, 1.82) is 0 Å². The Morgan fingerprint density at radius 3 is 2.91 bits per heavy atom. The van der Waals surface area contributed by atoms with Gasteiger partial charge < -0.3 is 14.0 Å². The molecule has 0 atom stereocenters. The summed E-state index contributed by atoms with van der Waals surface area (Å²) < 4.78 is 29.9. The van der Waals surface area contributed by atoms with Gasteiger partial charge >= 0.3 is 5.97 Å². The number of thiophene rings is 1. The van der Waals surface area contributed by atoms with Crippen molar-refractivity contribution in [2.75, 3.05) is 7.11 Å². The smallest absolute Gasteiger partial charge is 0.349 e. The Morgan fingerprint density at radius 1 is 1.39 bits per heavy atom. The number of hydrogen-bond acceptors (Lipinski definition) is 7. The molecule has 3 rings (SSSR count).